The van der Waals surface area contributed by atoms with Gasteiger partial charge in [0.15, 0.2) is 0 Å². The number of rotatable bonds is 4. The molecule has 0 saturated heterocycles. The number of carbonyl (C=O) groups is 1. The molecule has 1 atom stereocenters. The van der Waals surface area contributed by atoms with Crippen LogP contribution < -0.4 is 5.73 Å². The lowest BCUT2D eigenvalue weighted by molar-refractivity contribution is -0.131. The van der Waals surface area contributed by atoms with Gasteiger partial charge in [0.2, 0.25) is 5.91 Å². The summed E-state index contributed by atoms with van der Waals surface area (Å²) in [5, 5.41) is 0. The first-order valence-corrected chi connectivity index (χ1v) is 5.22. The molecule has 0 heterocycles. The lowest BCUT2D eigenvalue weighted by atomic mass is 10.1. The molecule has 0 radical (unpaired) electrons. The van der Waals surface area contributed by atoms with Gasteiger partial charge in [-0.1, -0.05) is 37.3 Å². The fourth-order valence-electron chi connectivity index (χ4n) is 1.49. The Balaban J connectivity index is 2.69. The fourth-order valence-corrected chi connectivity index (χ4v) is 1.49. The molecule has 15 heavy (non-hydrogen) atoms. The third-order valence-corrected chi connectivity index (χ3v) is 2.36. The van der Waals surface area contributed by atoms with Crippen molar-refractivity contribution in [1.29, 1.82) is 0 Å². The second kappa shape index (κ2) is 5.51. The zero-order valence-electron chi connectivity index (χ0n) is 9.31. The first-order valence-electron chi connectivity index (χ1n) is 5.22. The maximum atomic E-state index is 11.8. The summed E-state index contributed by atoms with van der Waals surface area (Å²) in [4.78, 5) is 13.5. The standard InChI is InChI=1S/C12H18N2O/c1-3-9-14(2)12(15)11(13)10-7-5-4-6-8-10/h4-8,11H,3,9,13H2,1-2H3/t11-/m0/s1. The van der Waals surface area contributed by atoms with Crippen LogP contribution in [-0.2, 0) is 4.79 Å². The van der Waals surface area contributed by atoms with Crippen LogP contribution in [-0.4, -0.2) is 24.4 Å². The van der Waals surface area contributed by atoms with E-state index in [1.807, 2.05) is 37.3 Å². The van der Waals surface area contributed by atoms with Crippen molar-refractivity contribution in [3.8, 4) is 0 Å². The number of nitrogens with zero attached hydrogens (tertiary/aromatic N) is 1. The minimum absolute atomic E-state index is 0.0250. The van der Waals surface area contributed by atoms with E-state index < -0.39 is 6.04 Å². The molecule has 0 unspecified atom stereocenters. The van der Waals surface area contributed by atoms with E-state index in [1.165, 1.54) is 0 Å². The normalized spacial score (nSPS) is 12.2. The third kappa shape index (κ3) is 3.06. The average molecular weight is 206 g/mol. The Morgan fingerprint density at radius 1 is 1.40 bits per heavy atom. The maximum Gasteiger partial charge on any atom is 0.243 e. The molecular formula is C12H18N2O. The molecule has 0 bridgehead atoms. The molecule has 0 fully saturated rings. The highest BCUT2D eigenvalue weighted by Gasteiger charge is 2.18. The van der Waals surface area contributed by atoms with Crippen LogP contribution in [0.1, 0.15) is 24.9 Å². The van der Waals surface area contributed by atoms with Crippen LogP contribution in [0.3, 0.4) is 0 Å². The first kappa shape index (κ1) is 11.7. The van der Waals surface area contributed by atoms with E-state index in [4.69, 9.17) is 5.73 Å². The summed E-state index contributed by atoms with van der Waals surface area (Å²) in [6, 6.07) is 8.91. The van der Waals surface area contributed by atoms with E-state index in [2.05, 4.69) is 0 Å². The predicted molar refractivity (Wildman–Crippen MR) is 61.3 cm³/mol. The number of hydrogen-bond acceptors (Lipinski definition) is 2. The van der Waals surface area contributed by atoms with Gasteiger partial charge >= 0.3 is 0 Å². The van der Waals surface area contributed by atoms with E-state index >= 15 is 0 Å². The first-order chi connectivity index (χ1) is 7.16. The van der Waals surface area contributed by atoms with E-state index in [0.29, 0.717) is 0 Å². The predicted octanol–water partition coefficient (Wildman–Crippen LogP) is 1.55. The van der Waals surface area contributed by atoms with Crippen molar-refractivity contribution in [1.82, 2.24) is 4.90 Å². The molecular weight excluding hydrogens is 188 g/mol. The van der Waals surface area contributed by atoms with Gasteiger partial charge in [-0.2, -0.15) is 0 Å². The molecule has 0 aromatic heterocycles. The Hall–Kier alpha value is -1.35. The zero-order chi connectivity index (χ0) is 11.3. The number of benzene rings is 1. The van der Waals surface area contributed by atoms with Crippen LogP contribution in [0.15, 0.2) is 30.3 Å². The van der Waals surface area contributed by atoms with Crippen molar-refractivity contribution in [2.75, 3.05) is 13.6 Å². The van der Waals surface area contributed by atoms with Gasteiger partial charge in [-0.05, 0) is 12.0 Å². The summed E-state index contributed by atoms with van der Waals surface area (Å²) in [5.41, 5.74) is 6.74. The molecule has 0 aliphatic carbocycles. The second-order valence-electron chi connectivity index (χ2n) is 3.65. The molecule has 3 nitrogen and oxygen atoms in total. The second-order valence-corrected chi connectivity index (χ2v) is 3.65. The van der Waals surface area contributed by atoms with Crippen molar-refractivity contribution in [3.63, 3.8) is 0 Å². The monoisotopic (exact) mass is 206 g/mol. The van der Waals surface area contributed by atoms with Gasteiger partial charge in [-0.25, -0.2) is 0 Å². The minimum Gasteiger partial charge on any atom is -0.344 e. The number of hydrogen-bond donors (Lipinski definition) is 1. The van der Waals surface area contributed by atoms with Crippen molar-refractivity contribution < 1.29 is 4.79 Å². The molecule has 0 aliphatic rings. The molecule has 2 N–H and O–H groups in total. The molecule has 1 amide bonds. The highest BCUT2D eigenvalue weighted by molar-refractivity contribution is 5.82. The molecule has 0 spiro atoms. The van der Waals surface area contributed by atoms with Gasteiger partial charge in [0, 0.05) is 13.6 Å². The van der Waals surface area contributed by atoms with E-state index in [9.17, 15) is 4.79 Å². The number of amides is 1. The Bertz CT molecular complexity index is 311. The Kier molecular flexibility index (Phi) is 4.31. The molecule has 82 valence electrons. The minimum atomic E-state index is -0.539. The van der Waals surface area contributed by atoms with E-state index in [-0.39, 0.29) is 5.91 Å². The SMILES string of the molecule is CCCN(C)C(=O)[C@@H](N)c1ccccc1. The topological polar surface area (TPSA) is 46.3 Å². The molecule has 1 rings (SSSR count). The lowest BCUT2D eigenvalue weighted by Crippen LogP contribution is -2.36. The maximum absolute atomic E-state index is 11.8. The van der Waals surface area contributed by atoms with Crippen molar-refractivity contribution in [2.24, 2.45) is 5.73 Å². The summed E-state index contributed by atoms with van der Waals surface area (Å²) in [5.74, 6) is -0.0250. The van der Waals surface area contributed by atoms with E-state index in [0.717, 1.165) is 18.5 Å². The highest BCUT2D eigenvalue weighted by Crippen LogP contribution is 2.11. The van der Waals surface area contributed by atoms with Gasteiger partial charge in [0.05, 0.1) is 0 Å². The van der Waals surface area contributed by atoms with Crippen molar-refractivity contribution in [2.45, 2.75) is 19.4 Å². The Morgan fingerprint density at radius 2 is 2.00 bits per heavy atom. The van der Waals surface area contributed by atoms with E-state index in [1.54, 1.807) is 11.9 Å². The summed E-state index contributed by atoms with van der Waals surface area (Å²) >= 11 is 0. The number of carbonyl (C=O) groups excluding carboxylic acids is 1. The smallest absolute Gasteiger partial charge is 0.243 e. The largest absolute Gasteiger partial charge is 0.344 e. The fraction of sp³-hybridized carbons (Fsp3) is 0.417. The molecule has 1 aromatic carbocycles. The van der Waals surface area contributed by atoms with Crippen molar-refractivity contribution >= 4 is 5.91 Å². The lowest BCUT2D eigenvalue weighted by Gasteiger charge is -2.20. The molecule has 1 aromatic rings. The molecule has 3 heteroatoms. The average Bonchev–Trinajstić information content (AvgIpc) is 2.28. The number of likely N-dealkylation sites (N-methyl/N-ethyl adjacent to an activating group) is 1. The summed E-state index contributed by atoms with van der Waals surface area (Å²) in [6.45, 7) is 2.79. The van der Waals surface area contributed by atoms with Crippen LogP contribution in [0, 0.1) is 0 Å². The quantitative estimate of drug-likeness (QED) is 0.812. The van der Waals surface area contributed by atoms with Crippen LogP contribution in [0.25, 0.3) is 0 Å². The molecule has 0 saturated carbocycles. The third-order valence-electron chi connectivity index (χ3n) is 2.36. The zero-order valence-corrected chi connectivity index (χ0v) is 9.31. The Labute approximate surface area is 90.9 Å². The van der Waals surface area contributed by atoms with Gasteiger partial charge < -0.3 is 10.6 Å². The van der Waals surface area contributed by atoms with Crippen LogP contribution in [0.5, 0.6) is 0 Å². The molecule has 0 aliphatic heterocycles. The van der Waals surface area contributed by atoms with Gasteiger partial charge in [0.1, 0.15) is 6.04 Å². The number of nitrogens with two attached hydrogens (primary N) is 1. The summed E-state index contributed by atoms with van der Waals surface area (Å²) in [7, 11) is 1.79. The highest BCUT2D eigenvalue weighted by atomic mass is 16.2. The van der Waals surface area contributed by atoms with Crippen LogP contribution >= 0.6 is 0 Å². The van der Waals surface area contributed by atoms with Gasteiger partial charge in [-0.15, -0.1) is 0 Å². The van der Waals surface area contributed by atoms with Gasteiger partial charge in [0.25, 0.3) is 0 Å². The summed E-state index contributed by atoms with van der Waals surface area (Å²) in [6.07, 6.45) is 0.948. The van der Waals surface area contributed by atoms with Crippen molar-refractivity contribution in [3.05, 3.63) is 35.9 Å². The summed E-state index contributed by atoms with van der Waals surface area (Å²) < 4.78 is 0. The van der Waals surface area contributed by atoms with Crippen LogP contribution in [0.2, 0.25) is 0 Å². The van der Waals surface area contributed by atoms with Gasteiger partial charge in [-0.3, -0.25) is 4.79 Å². The Morgan fingerprint density at radius 3 is 2.53 bits per heavy atom. The van der Waals surface area contributed by atoms with Crippen LogP contribution in [0.4, 0.5) is 0 Å².